The summed E-state index contributed by atoms with van der Waals surface area (Å²) in [6.07, 6.45) is 0. The molecule has 0 atom stereocenters. The van der Waals surface area contributed by atoms with Crippen LogP contribution in [0.1, 0.15) is 27.8 Å². The van der Waals surface area contributed by atoms with Gasteiger partial charge in [0.15, 0.2) is 0 Å². The van der Waals surface area contributed by atoms with Crippen molar-refractivity contribution in [3.63, 3.8) is 0 Å². The molecule has 2 aliphatic heterocycles. The second kappa shape index (κ2) is 9.42. The molecule has 3 nitrogen and oxygen atoms in total. The minimum Gasteiger partial charge on any atom is -0.457 e. The zero-order valence-corrected chi connectivity index (χ0v) is 22.4. The molecule has 0 radical (unpaired) electrons. The van der Waals surface area contributed by atoms with Crippen molar-refractivity contribution in [1.29, 1.82) is 0 Å². The van der Waals surface area contributed by atoms with E-state index in [9.17, 15) is 0 Å². The average Bonchev–Trinajstić information content (AvgIpc) is 3.04. The number of ether oxygens (including phenoxy) is 2. The zero-order valence-electron chi connectivity index (χ0n) is 22.4. The minimum atomic E-state index is -0.547. The van der Waals surface area contributed by atoms with E-state index in [2.05, 4.69) is 115 Å². The second-order valence-corrected chi connectivity index (χ2v) is 10.6. The van der Waals surface area contributed by atoms with E-state index >= 15 is 0 Å². The van der Waals surface area contributed by atoms with Gasteiger partial charge in [0.05, 0.1) is 11.0 Å². The predicted octanol–water partition coefficient (Wildman–Crippen LogP) is 9.56. The van der Waals surface area contributed by atoms with Gasteiger partial charge in [-0.1, -0.05) is 109 Å². The zero-order chi connectivity index (χ0) is 27.2. The van der Waals surface area contributed by atoms with Gasteiger partial charge < -0.3 is 14.8 Å². The summed E-state index contributed by atoms with van der Waals surface area (Å²) in [5, 5.41) is 3.59. The van der Waals surface area contributed by atoms with E-state index in [0.29, 0.717) is 0 Å². The van der Waals surface area contributed by atoms with Crippen LogP contribution in [-0.4, -0.2) is 0 Å². The van der Waals surface area contributed by atoms with Gasteiger partial charge in [0.25, 0.3) is 0 Å². The highest BCUT2D eigenvalue weighted by molar-refractivity contribution is 5.76. The number of rotatable bonds is 5. The lowest BCUT2D eigenvalue weighted by Crippen LogP contribution is -2.36. The fourth-order valence-corrected chi connectivity index (χ4v) is 6.38. The fraction of sp³-hybridized carbons (Fsp3) is 0.0526. The Hall–Kier alpha value is -5.28. The molecule has 0 fully saturated rings. The van der Waals surface area contributed by atoms with E-state index < -0.39 is 5.41 Å². The van der Waals surface area contributed by atoms with Gasteiger partial charge in [-0.15, -0.1) is 0 Å². The highest BCUT2D eigenvalue weighted by Crippen LogP contribution is 2.62. The molecule has 2 aliphatic rings. The van der Waals surface area contributed by atoms with E-state index in [-0.39, 0.29) is 0 Å². The summed E-state index contributed by atoms with van der Waals surface area (Å²) in [6, 6.07) is 50.9. The molecule has 6 aromatic rings. The summed E-state index contributed by atoms with van der Waals surface area (Å²) in [7, 11) is 0. The van der Waals surface area contributed by atoms with Gasteiger partial charge in [-0.2, -0.15) is 0 Å². The van der Waals surface area contributed by atoms with Crippen molar-refractivity contribution in [1.82, 2.24) is 0 Å². The molecule has 0 bridgehead atoms. The smallest absolute Gasteiger partial charge is 0.135 e. The van der Waals surface area contributed by atoms with Crippen LogP contribution in [0.4, 0.5) is 5.69 Å². The maximum Gasteiger partial charge on any atom is 0.135 e. The van der Waals surface area contributed by atoms with Gasteiger partial charge in [0, 0.05) is 23.4 Å². The molecule has 8 rings (SSSR count). The van der Waals surface area contributed by atoms with E-state index in [4.69, 9.17) is 9.47 Å². The Morgan fingerprint density at radius 2 is 1.00 bits per heavy atom. The lowest BCUT2D eigenvalue weighted by Gasteiger charge is -2.45. The molecule has 0 spiro atoms. The highest BCUT2D eigenvalue weighted by atomic mass is 16.5. The first kappa shape index (κ1) is 23.6. The molecule has 0 saturated carbocycles. The number of para-hydroxylation sites is 2. The topological polar surface area (TPSA) is 30.5 Å². The quantitative estimate of drug-likeness (QED) is 0.241. The normalized spacial score (nSPS) is 13.6. The van der Waals surface area contributed by atoms with Gasteiger partial charge in [0.2, 0.25) is 0 Å². The van der Waals surface area contributed by atoms with Crippen molar-refractivity contribution in [2.75, 3.05) is 5.32 Å². The standard InChI is InChI=1S/C38H27NO2/c1-2-9-27(10-3-1)28-19-23-30(24-20-28)39-25-26-17-21-29(22-18-26)38-31-11-4-6-13-33(31)40-35-15-8-16-36(37(35)38)41-34-14-7-5-12-32(34)38/h1-24,39H,25H2. The summed E-state index contributed by atoms with van der Waals surface area (Å²) in [4.78, 5) is 0. The molecule has 2 heterocycles. The van der Waals surface area contributed by atoms with Crippen molar-refractivity contribution in [3.05, 3.63) is 173 Å². The van der Waals surface area contributed by atoms with Gasteiger partial charge in [-0.05, 0) is 58.7 Å². The Bertz CT molecular complexity index is 1810. The minimum absolute atomic E-state index is 0.547. The lowest BCUT2D eigenvalue weighted by atomic mass is 9.62. The van der Waals surface area contributed by atoms with E-state index in [1.165, 1.54) is 22.3 Å². The predicted molar refractivity (Wildman–Crippen MR) is 164 cm³/mol. The van der Waals surface area contributed by atoms with Crippen LogP contribution in [-0.2, 0) is 12.0 Å². The van der Waals surface area contributed by atoms with Crippen molar-refractivity contribution in [2.45, 2.75) is 12.0 Å². The lowest BCUT2D eigenvalue weighted by molar-refractivity contribution is 0.385. The Morgan fingerprint density at radius 1 is 0.463 bits per heavy atom. The van der Waals surface area contributed by atoms with E-state index in [1.54, 1.807) is 0 Å². The van der Waals surface area contributed by atoms with Crippen LogP contribution < -0.4 is 14.8 Å². The van der Waals surface area contributed by atoms with E-state index in [1.807, 2.05) is 36.4 Å². The summed E-state index contributed by atoms with van der Waals surface area (Å²) < 4.78 is 12.9. The number of benzene rings is 6. The third-order valence-electron chi connectivity index (χ3n) is 8.26. The first-order chi connectivity index (χ1) is 20.3. The van der Waals surface area contributed by atoms with Crippen molar-refractivity contribution >= 4 is 5.69 Å². The molecule has 0 aliphatic carbocycles. The Morgan fingerprint density at radius 3 is 1.63 bits per heavy atom. The average molecular weight is 530 g/mol. The van der Waals surface area contributed by atoms with Crippen molar-refractivity contribution in [3.8, 4) is 34.1 Å². The summed E-state index contributed by atoms with van der Waals surface area (Å²) in [5.74, 6) is 3.41. The van der Waals surface area contributed by atoms with Crippen molar-refractivity contribution < 1.29 is 9.47 Å². The molecule has 0 saturated heterocycles. The van der Waals surface area contributed by atoms with Crippen LogP contribution in [0.15, 0.2) is 146 Å². The summed E-state index contributed by atoms with van der Waals surface area (Å²) in [6.45, 7) is 0.735. The fourth-order valence-electron chi connectivity index (χ4n) is 6.38. The van der Waals surface area contributed by atoms with Gasteiger partial charge in [0.1, 0.15) is 23.0 Å². The third-order valence-corrected chi connectivity index (χ3v) is 8.26. The Labute approximate surface area is 239 Å². The van der Waals surface area contributed by atoms with Crippen LogP contribution in [0, 0.1) is 0 Å². The van der Waals surface area contributed by atoms with Gasteiger partial charge in [-0.3, -0.25) is 0 Å². The molecule has 0 unspecified atom stereocenters. The van der Waals surface area contributed by atoms with E-state index in [0.717, 1.165) is 51.9 Å². The van der Waals surface area contributed by atoms with Crippen LogP contribution in [0.5, 0.6) is 23.0 Å². The molecule has 0 aromatic heterocycles. The Balaban J connectivity index is 1.17. The van der Waals surface area contributed by atoms with Crippen molar-refractivity contribution in [2.24, 2.45) is 0 Å². The highest BCUT2D eigenvalue weighted by Gasteiger charge is 2.50. The van der Waals surface area contributed by atoms with Crippen LogP contribution >= 0.6 is 0 Å². The number of anilines is 1. The molecular formula is C38H27NO2. The first-order valence-electron chi connectivity index (χ1n) is 14.0. The first-order valence-corrected chi connectivity index (χ1v) is 14.0. The molecule has 0 amide bonds. The summed E-state index contributed by atoms with van der Waals surface area (Å²) >= 11 is 0. The molecule has 3 heteroatoms. The number of hydrogen-bond donors (Lipinski definition) is 1. The molecule has 196 valence electrons. The SMILES string of the molecule is c1ccc(-c2ccc(NCc3ccc(C45c6ccccc6Oc6cccc(c64)Oc4ccccc45)cc3)cc2)cc1. The monoisotopic (exact) mass is 529 g/mol. The van der Waals surface area contributed by atoms with Crippen LogP contribution in [0.2, 0.25) is 0 Å². The maximum atomic E-state index is 6.44. The van der Waals surface area contributed by atoms with Gasteiger partial charge in [-0.25, -0.2) is 0 Å². The number of nitrogens with one attached hydrogen (secondary N) is 1. The molecule has 41 heavy (non-hydrogen) atoms. The number of hydrogen-bond acceptors (Lipinski definition) is 3. The van der Waals surface area contributed by atoms with Gasteiger partial charge >= 0.3 is 0 Å². The molecule has 1 N–H and O–H groups in total. The number of fused-ring (bicyclic) bond motifs is 4. The third kappa shape index (κ3) is 3.74. The summed E-state index contributed by atoms with van der Waals surface area (Å²) in [5.41, 5.74) is 8.70. The Kier molecular flexibility index (Phi) is 5.42. The maximum absolute atomic E-state index is 6.44. The second-order valence-electron chi connectivity index (χ2n) is 10.6. The largest absolute Gasteiger partial charge is 0.457 e. The van der Waals surface area contributed by atoms with Crippen LogP contribution in [0.25, 0.3) is 11.1 Å². The molecular weight excluding hydrogens is 502 g/mol. The van der Waals surface area contributed by atoms with Crippen LogP contribution in [0.3, 0.4) is 0 Å². The molecule has 6 aromatic carbocycles.